The zero-order chi connectivity index (χ0) is 15.7. The van der Waals surface area contributed by atoms with E-state index in [9.17, 15) is 4.79 Å². The topological polar surface area (TPSA) is 56.7 Å². The number of aliphatic imine (C=N–C) groups is 1. The summed E-state index contributed by atoms with van der Waals surface area (Å²) < 4.78 is 0. The molecular weight excluding hydrogens is 391 g/mol. The molecule has 0 heterocycles. The molecule has 1 amide bonds. The molecular formula is C16H33IN4O. The summed E-state index contributed by atoms with van der Waals surface area (Å²) in [5.74, 6) is 2.45. The molecule has 1 aliphatic carbocycles. The lowest BCUT2D eigenvalue weighted by Gasteiger charge is -2.28. The molecule has 0 aromatic heterocycles. The minimum atomic E-state index is 0. The number of nitrogens with one attached hydrogen (secondary N) is 2. The van der Waals surface area contributed by atoms with E-state index in [-0.39, 0.29) is 36.4 Å². The lowest BCUT2D eigenvalue weighted by molar-refractivity contribution is -0.127. The molecule has 0 radical (unpaired) electrons. The summed E-state index contributed by atoms with van der Waals surface area (Å²) in [7, 11) is 3.51. The quantitative estimate of drug-likeness (QED) is 0.391. The maximum atomic E-state index is 11.6. The Balaban J connectivity index is 0.00000441. The van der Waals surface area contributed by atoms with Crippen LogP contribution in [0.15, 0.2) is 4.99 Å². The summed E-state index contributed by atoms with van der Waals surface area (Å²) in [6.45, 7) is 6.30. The molecule has 6 heteroatoms. The lowest BCUT2D eigenvalue weighted by Crippen LogP contribution is -2.41. The molecule has 0 spiro atoms. The van der Waals surface area contributed by atoms with E-state index >= 15 is 0 Å². The van der Waals surface area contributed by atoms with Gasteiger partial charge in [0.1, 0.15) is 6.54 Å². The predicted octanol–water partition coefficient (Wildman–Crippen LogP) is 2.46. The first kappa shape index (κ1) is 21.5. The highest BCUT2D eigenvalue weighted by atomic mass is 127. The second kappa shape index (κ2) is 12.0. The van der Waals surface area contributed by atoms with Crippen molar-refractivity contribution in [2.45, 2.75) is 46.0 Å². The van der Waals surface area contributed by atoms with Gasteiger partial charge in [-0.05, 0) is 31.6 Å². The number of rotatable bonds is 6. The number of guanidine groups is 1. The summed E-state index contributed by atoms with van der Waals surface area (Å²) in [6.07, 6.45) is 6.64. The lowest BCUT2D eigenvalue weighted by atomic mass is 9.81. The number of hydrogen-bond acceptors (Lipinski definition) is 2. The van der Waals surface area contributed by atoms with Gasteiger partial charge in [0, 0.05) is 27.2 Å². The largest absolute Gasteiger partial charge is 0.357 e. The Hall–Kier alpha value is -0.530. The van der Waals surface area contributed by atoms with E-state index in [2.05, 4.69) is 22.5 Å². The van der Waals surface area contributed by atoms with Crippen LogP contribution < -0.4 is 10.6 Å². The van der Waals surface area contributed by atoms with Crippen molar-refractivity contribution in [1.82, 2.24) is 15.5 Å². The van der Waals surface area contributed by atoms with Crippen LogP contribution in [0.25, 0.3) is 0 Å². The zero-order valence-electron chi connectivity index (χ0n) is 14.5. The molecule has 0 aliphatic heterocycles. The standard InChI is InChI=1S/C16H32N4O.HI/c1-5-13-7-9-14(10-8-13)11-18-16(17-6-2)19-12-15(21)20(3)4;/h13-14H,5-12H2,1-4H3,(H2,17,18,19);1H. The molecule has 0 aromatic rings. The summed E-state index contributed by atoms with van der Waals surface area (Å²) in [5, 5.41) is 6.59. The van der Waals surface area contributed by atoms with Crippen LogP contribution in [0.5, 0.6) is 0 Å². The van der Waals surface area contributed by atoms with Gasteiger partial charge in [-0.1, -0.05) is 26.2 Å². The fraction of sp³-hybridized carbons (Fsp3) is 0.875. The summed E-state index contributed by atoms with van der Waals surface area (Å²) >= 11 is 0. The summed E-state index contributed by atoms with van der Waals surface area (Å²) in [4.78, 5) is 17.5. The first-order valence-corrected chi connectivity index (χ1v) is 8.29. The van der Waals surface area contributed by atoms with Gasteiger partial charge in [0.15, 0.2) is 5.96 Å². The average Bonchev–Trinajstić information content (AvgIpc) is 2.50. The Morgan fingerprint density at radius 1 is 1.09 bits per heavy atom. The fourth-order valence-corrected chi connectivity index (χ4v) is 2.71. The first-order valence-electron chi connectivity index (χ1n) is 8.29. The van der Waals surface area contributed by atoms with Crippen molar-refractivity contribution in [2.24, 2.45) is 16.8 Å². The van der Waals surface area contributed by atoms with Gasteiger partial charge in [0.2, 0.25) is 5.91 Å². The Morgan fingerprint density at radius 2 is 1.68 bits per heavy atom. The van der Waals surface area contributed by atoms with Crippen LogP contribution in [0, 0.1) is 11.8 Å². The first-order chi connectivity index (χ1) is 10.1. The fourth-order valence-electron chi connectivity index (χ4n) is 2.71. The van der Waals surface area contributed by atoms with Crippen LogP contribution >= 0.6 is 24.0 Å². The Labute approximate surface area is 152 Å². The third kappa shape index (κ3) is 8.19. The second-order valence-corrected chi connectivity index (χ2v) is 6.16. The molecule has 1 fully saturated rings. The molecule has 0 bridgehead atoms. The molecule has 0 aromatic carbocycles. The maximum Gasteiger partial charge on any atom is 0.243 e. The Morgan fingerprint density at radius 3 is 2.18 bits per heavy atom. The molecule has 0 saturated heterocycles. The van der Waals surface area contributed by atoms with Gasteiger partial charge in [-0.2, -0.15) is 0 Å². The van der Waals surface area contributed by atoms with Gasteiger partial charge in [0.05, 0.1) is 0 Å². The van der Waals surface area contributed by atoms with Crippen molar-refractivity contribution in [1.29, 1.82) is 0 Å². The molecule has 1 rings (SSSR count). The highest BCUT2D eigenvalue weighted by Crippen LogP contribution is 2.29. The molecule has 0 unspecified atom stereocenters. The SMILES string of the molecule is CCNC(=NCC(=O)N(C)C)NCC1CCC(CC)CC1.I. The minimum Gasteiger partial charge on any atom is -0.357 e. The average molecular weight is 424 g/mol. The van der Waals surface area contributed by atoms with Gasteiger partial charge in [-0.15, -0.1) is 24.0 Å². The third-order valence-corrected chi connectivity index (χ3v) is 4.32. The van der Waals surface area contributed by atoms with Crippen LogP contribution in [0.4, 0.5) is 0 Å². The molecule has 0 atom stereocenters. The van der Waals surface area contributed by atoms with E-state index in [1.54, 1.807) is 19.0 Å². The summed E-state index contributed by atoms with van der Waals surface area (Å²) in [6, 6.07) is 0. The summed E-state index contributed by atoms with van der Waals surface area (Å²) in [5.41, 5.74) is 0. The molecule has 1 saturated carbocycles. The van der Waals surface area contributed by atoms with Gasteiger partial charge < -0.3 is 15.5 Å². The van der Waals surface area contributed by atoms with Gasteiger partial charge >= 0.3 is 0 Å². The van der Waals surface area contributed by atoms with Crippen molar-refractivity contribution in [3.05, 3.63) is 0 Å². The van der Waals surface area contributed by atoms with Crippen molar-refractivity contribution >= 4 is 35.8 Å². The molecule has 22 heavy (non-hydrogen) atoms. The van der Waals surface area contributed by atoms with Crippen molar-refractivity contribution in [3.63, 3.8) is 0 Å². The van der Waals surface area contributed by atoms with Crippen molar-refractivity contribution < 1.29 is 4.79 Å². The molecule has 5 nitrogen and oxygen atoms in total. The molecule has 2 N–H and O–H groups in total. The number of hydrogen-bond donors (Lipinski definition) is 2. The third-order valence-electron chi connectivity index (χ3n) is 4.32. The van der Waals surface area contributed by atoms with Crippen molar-refractivity contribution in [2.75, 3.05) is 33.7 Å². The van der Waals surface area contributed by atoms with Gasteiger partial charge in [-0.25, -0.2) is 4.99 Å². The monoisotopic (exact) mass is 424 g/mol. The number of carbonyl (C=O) groups is 1. The van der Waals surface area contributed by atoms with E-state index in [1.807, 2.05) is 6.92 Å². The zero-order valence-corrected chi connectivity index (χ0v) is 16.9. The number of nitrogens with zero attached hydrogens (tertiary/aromatic N) is 2. The van der Waals surface area contributed by atoms with Crippen LogP contribution in [0.2, 0.25) is 0 Å². The predicted molar refractivity (Wildman–Crippen MR) is 104 cm³/mol. The highest BCUT2D eigenvalue weighted by Gasteiger charge is 2.19. The number of carbonyl (C=O) groups excluding carboxylic acids is 1. The van der Waals surface area contributed by atoms with Crippen molar-refractivity contribution in [3.8, 4) is 0 Å². The van der Waals surface area contributed by atoms with E-state index in [4.69, 9.17) is 0 Å². The van der Waals surface area contributed by atoms with Gasteiger partial charge in [-0.3, -0.25) is 4.79 Å². The molecule has 130 valence electrons. The number of halogens is 1. The van der Waals surface area contributed by atoms with Crippen LogP contribution in [-0.2, 0) is 4.79 Å². The minimum absolute atomic E-state index is 0. The highest BCUT2D eigenvalue weighted by molar-refractivity contribution is 14.0. The van der Waals surface area contributed by atoms with E-state index in [0.717, 1.165) is 30.9 Å². The second-order valence-electron chi connectivity index (χ2n) is 6.16. The molecule has 1 aliphatic rings. The Bertz CT molecular complexity index is 339. The van der Waals surface area contributed by atoms with E-state index < -0.39 is 0 Å². The number of amides is 1. The van der Waals surface area contributed by atoms with Gasteiger partial charge in [0.25, 0.3) is 0 Å². The van der Waals surface area contributed by atoms with Crippen LogP contribution in [-0.4, -0.2) is 50.5 Å². The van der Waals surface area contributed by atoms with Crippen LogP contribution in [0.3, 0.4) is 0 Å². The smallest absolute Gasteiger partial charge is 0.243 e. The normalized spacial score (nSPS) is 21.7. The van der Waals surface area contributed by atoms with Crippen LogP contribution in [0.1, 0.15) is 46.0 Å². The number of likely N-dealkylation sites (N-methyl/N-ethyl adjacent to an activating group) is 1. The van der Waals surface area contributed by atoms with E-state index in [0.29, 0.717) is 0 Å². The maximum absolute atomic E-state index is 11.6. The van der Waals surface area contributed by atoms with E-state index in [1.165, 1.54) is 32.1 Å². The Kier molecular flexibility index (Phi) is 11.7.